The highest BCUT2D eigenvalue weighted by molar-refractivity contribution is 7.91. The molecule has 7 heteroatoms. The van der Waals surface area contributed by atoms with Gasteiger partial charge in [0.25, 0.3) is 0 Å². The van der Waals surface area contributed by atoms with Crippen LogP contribution in [0.1, 0.15) is 50.8 Å². The van der Waals surface area contributed by atoms with Gasteiger partial charge in [-0.1, -0.05) is 12.8 Å². The van der Waals surface area contributed by atoms with Gasteiger partial charge in [0.05, 0.1) is 18.1 Å². The molecule has 1 amide bonds. The van der Waals surface area contributed by atoms with Crippen molar-refractivity contribution < 1.29 is 13.2 Å². The Morgan fingerprint density at radius 1 is 1.19 bits per heavy atom. The van der Waals surface area contributed by atoms with Crippen LogP contribution in [-0.4, -0.2) is 65.4 Å². The lowest BCUT2D eigenvalue weighted by molar-refractivity contribution is -0.137. The van der Waals surface area contributed by atoms with Crippen LogP contribution >= 0.6 is 0 Å². The van der Waals surface area contributed by atoms with Gasteiger partial charge in [0.1, 0.15) is 0 Å². The molecule has 1 aromatic rings. The Kier molecular flexibility index (Phi) is 4.86. The smallest absolute Gasteiger partial charge is 0.237 e. The number of rotatable bonds is 4. The SMILES string of the molecule is C[C@H]1c2cccn2CCN1CC(=O)N(C1CCCC1)[C@@H]1CCS(=O)(=O)C1. The third kappa shape index (κ3) is 3.43. The predicted octanol–water partition coefficient (Wildman–Crippen LogP) is 1.82. The molecule has 26 heavy (non-hydrogen) atoms. The fourth-order valence-corrected chi connectivity index (χ4v) is 6.69. The zero-order valence-electron chi connectivity index (χ0n) is 15.5. The summed E-state index contributed by atoms with van der Waals surface area (Å²) in [7, 11) is -2.99. The Hall–Kier alpha value is -1.34. The van der Waals surface area contributed by atoms with E-state index in [4.69, 9.17) is 0 Å². The largest absolute Gasteiger partial charge is 0.349 e. The van der Waals surface area contributed by atoms with Gasteiger partial charge in [-0.25, -0.2) is 8.42 Å². The Morgan fingerprint density at radius 2 is 1.96 bits per heavy atom. The summed E-state index contributed by atoms with van der Waals surface area (Å²) in [5.41, 5.74) is 1.25. The Balaban J connectivity index is 1.50. The minimum Gasteiger partial charge on any atom is -0.349 e. The molecular formula is C19H29N3O3S. The second-order valence-electron chi connectivity index (χ2n) is 8.07. The van der Waals surface area contributed by atoms with Gasteiger partial charge in [-0.15, -0.1) is 0 Å². The van der Waals surface area contributed by atoms with E-state index < -0.39 is 9.84 Å². The molecule has 0 aromatic carbocycles. The number of nitrogens with zero attached hydrogens (tertiary/aromatic N) is 3. The Bertz CT molecular complexity index is 767. The summed E-state index contributed by atoms with van der Waals surface area (Å²) in [4.78, 5) is 17.5. The minimum atomic E-state index is -2.99. The molecule has 1 saturated carbocycles. The first kappa shape index (κ1) is 18.0. The normalized spacial score (nSPS) is 29.0. The number of hydrogen-bond donors (Lipinski definition) is 0. The summed E-state index contributed by atoms with van der Waals surface area (Å²) < 4.78 is 26.2. The molecule has 2 atom stereocenters. The molecule has 4 rings (SSSR count). The first-order chi connectivity index (χ1) is 12.4. The number of fused-ring (bicyclic) bond motifs is 1. The average molecular weight is 380 g/mol. The highest BCUT2D eigenvalue weighted by Gasteiger charge is 2.39. The van der Waals surface area contributed by atoms with E-state index in [1.165, 1.54) is 5.69 Å². The summed E-state index contributed by atoms with van der Waals surface area (Å²) >= 11 is 0. The molecule has 0 radical (unpaired) electrons. The van der Waals surface area contributed by atoms with Crippen LogP contribution < -0.4 is 0 Å². The quantitative estimate of drug-likeness (QED) is 0.801. The first-order valence-corrected chi connectivity index (χ1v) is 11.7. The van der Waals surface area contributed by atoms with Crippen LogP contribution in [0.4, 0.5) is 0 Å². The molecule has 0 N–H and O–H groups in total. The second-order valence-corrected chi connectivity index (χ2v) is 10.3. The lowest BCUT2D eigenvalue weighted by Gasteiger charge is -2.39. The van der Waals surface area contributed by atoms with E-state index in [9.17, 15) is 13.2 Å². The summed E-state index contributed by atoms with van der Waals surface area (Å²) in [5, 5.41) is 0. The zero-order chi connectivity index (χ0) is 18.3. The standard InChI is InChI=1S/C19H29N3O3S/c1-15-18-7-4-9-20(18)10-11-21(15)13-19(23)22(16-5-2-3-6-16)17-8-12-26(24,25)14-17/h4,7,9,15-17H,2-3,5-6,8,10-14H2,1H3/t15-,17+/m0/s1. The van der Waals surface area contributed by atoms with Gasteiger partial charge in [-0.2, -0.15) is 0 Å². The number of sulfone groups is 1. The van der Waals surface area contributed by atoms with Crippen LogP contribution in [0.25, 0.3) is 0 Å². The summed E-state index contributed by atoms with van der Waals surface area (Å²) in [6.45, 7) is 4.30. The predicted molar refractivity (Wildman–Crippen MR) is 101 cm³/mol. The van der Waals surface area contributed by atoms with Crippen molar-refractivity contribution in [2.75, 3.05) is 24.6 Å². The third-order valence-electron chi connectivity index (χ3n) is 6.41. The van der Waals surface area contributed by atoms with Gasteiger partial charge in [0, 0.05) is 43.1 Å². The van der Waals surface area contributed by atoms with Crippen molar-refractivity contribution in [3.05, 3.63) is 24.0 Å². The highest BCUT2D eigenvalue weighted by atomic mass is 32.2. The molecule has 1 aliphatic carbocycles. The average Bonchev–Trinajstić information content (AvgIpc) is 3.32. The van der Waals surface area contributed by atoms with Crippen molar-refractivity contribution in [2.24, 2.45) is 0 Å². The molecule has 2 fully saturated rings. The molecule has 0 spiro atoms. The number of amides is 1. The van der Waals surface area contributed by atoms with Gasteiger partial charge in [0.2, 0.25) is 5.91 Å². The van der Waals surface area contributed by atoms with E-state index in [1.807, 2.05) is 4.90 Å². The maximum absolute atomic E-state index is 13.3. The van der Waals surface area contributed by atoms with Gasteiger partial charge in [-0.05, 0) is 38.3 Å². The van der Waals surface area contributed by atoms with Crippen LogP contribution in [0, 0.1) is 0 Å². The summed E-state index contributed by atoms with van der Waals surface area (Å²) in [6.07, 6.45) is 7.01. The van der Waals surface area contributed by atoms with Crippen molar-refractivity contribution in [3.8, 4) is 0 Å². The van der Waals surface area contributed by atoms with Gasteiger partial charge in [-0.3, -0.25) is 9.69 Å². The van der Waals surface area contributed by atoms with Crippen molar-refractivity contribution in [1.29, 1.82) is 0 Å². The van der Waals surface area contributed by atoms with Crippen molar-refractivity contribution in [2.45, 2.75) is 63.7 Å². The second kappa shape index (κ2) is 7.00. The van der Waals surface area contributed by atoms with Crippen LogP contribution in [0.2, 0.25) is 0 Å². The van der Waals surface area contributed by atoms with Crippen molar-refractivity contribution in [1.82, 2.24) is 14.4 Å². The number of hydrogen-bond acceptors (Lipinski definition) is 4. The lowest BCUT2D eigenvalue weighted by atomic mass is 10.1. The van der Waals surface area contributed by atoms with Crippen LogP contribution in [0.3, 0.4) is 0 Å². The van der Waals surface area contributed by atoms with Gasteiger partial charge in [0.15, 0.2) is 9.84 Å². The topological polar surface area (TPSA) is 62.6 Å². The van der Waals surface area contributed by atoms with Crippen LogP contribution in [-0.2, 0) is 21.2 Å². The van der Waals surface area contributed by atoms with Crippen molar-refractivity contribution in [3.63, 3.8) is 0 Å². The molecule has 3 aliphatic rings. The third-order valence-corrected chi connectivity index (χ3v) is 8.17. The lowest BCUT2D eigenvalue weighted by Crippen LogP contribution is -2.52. The molecule has 144 valence electrons. The summed E-state index contributed by atoms with van der Waals surface area (Å²) in [6, 6.07) is 4.50. The number of carbonyl (C=O) groups is 1. The Morgan fingerprint density at radius 3 is 2.65 bits per heavy atom. The van der Waals surface area contributed by atoms with Gasteiger partial charge < -0.3 is 9.47 Å². The monoisotopic (exact) mass is 379 g/mol. The van der Waals surface area contributed by atoms with Crippen LogP contribution in [0.15, 0.2) is 18.3 Å². The van der Waals surface area contributed by atoms with E-state index in [2.05, 4.69) is 34.7 Å². The maximum Gasteiger partial charge on any atom is 0.237 e. The van der Waals surface area contributed by atoms with E-state index in [1.54, 1.807) is 0 Å². The fourth-order valence-electron chi connectivity index (χ4n) is 4.98. The molecule has 2 aliphatic heterocycles. The fraction of sp³-hybridized carbons (Fsp3) is 0.737. The van der Waals surface area contributed by atoms with Gasteiger partial charge >= 0.3 is 0 Å². The van der Waals surface area contributed by atoms with Crippen molar-refractivity contribution >= 4 is 15.7 Å². The molecular weight excluding hydrogens is 350 g/mol. The van der Waals surface area contributed by atoms with E-state index in [-0.39, 0.29) is 35.5 Å². The number of carbonyl (C=O) groups excluding carboxylic acids is 1. The zero-order valence-corrected chi connectivity index (χ0v) is 16.3. The first-order valence-electron chi connectivity index (χ1n) is 9.85. The molecule has 6 nitrogen and oxygen atoms in total. The minimum absolute atomic E-state index is 0.117. The number of aromatic nitrogens is 1. The summed E-state index contributed by atoms with van der Waals surface area (Å²) in [5.74, 6) is 0.487. The Labute approximate surface area is 156 Å². The molecule has 3 heterocycles. The maximum atomic E-state index is 13.3. The molecule has 1 saturated heterocycles. The van der Waals surface area contributed by atoms with E-state index in [0.717, 1.165) is 38.8 Å². The molecule has 0 bridgehead atoms. The van der Waals surface area contributed by atoms with Crippen LogP contribution in [0.5, 0.6) is 0 Å². The molecule has 1 aromatic heterocycles. The highest BCUT2D eigenvalue weighted by Crippen LogP contribution is 2.31. The van der Waals surface area contributed by atoms with E-state index in [0.29, 0.717) is 13.0 Å². The van der Waals surface area contributed by atoms with E-state index >= 15 is 0 Å². The molecule has 0 unspecified atom stereocenters.